The summed E-state index contributed by atoms with van der Waals surface area (Å²) < 4.78 is 18.4. The van der Waals surface area contributed by atoms with Crippen molar-refractivity contribution >= 4 is 5.91 Å². The highest BCUT2D eigenvalue weighted by molar-refractivity contribution is 5.81. The van der Waals surface area contributed by atoms with Crippen LogP contribution in [0.2, 0.25) is 0 Å². The minimum absolute atomic E-state index is 0.0625. The number of morpholine rings is 1. The number of rotatable bonds is 2. The number of nitrogens with zero attached hydrogens (tertiary/aromatic N) is 1. The molecule has 96 valence electrons. The molecule has 0 radical (unpaired) electrons. The zero-order chi connectivity index (χ0) is 12.5. The van der Waals surface area contributed by atoms with Crippen LogP contribution in [-0.4, -0.2) is 30.6 Å². The number of amides is 1. The largest absolute Gasteiger partial charge is 0.377 e. The molecule has 1 atom stereocenters. The van der Waals surface area contributed by atoms with Gasteiger partial charge in [-0.2, -0.15) is 0 Å². The van der Waals surface area contributed by atoms with Gasteiger partial charge in [0.15, 0.2) is 0 Å². The molecule has 1 aliphatic carbocycles. The van der Waals surface area contributed by atoms with E-state index in [-0.39, 0.29) is 23.7 Å². The van der Waals surface area contributed by atoms with E-state index in [9.17, 15) is 9.18 Å². The Morgan fingerprint density at radius 3 is 2.67 bits per heavy atom. The van der Waals surface area contributed by atoms with Crippen molar-refractivity contribution < 1.29 is 13.9 Å². The minimum atomic E-state index is -0.254. The highest BCUT2D eigenvalue weighted by atomic mass is 19.1. The van der Waals surface area contributed by atoms with Gasteiger partial charge < -0.3 is 9.64 Å². The molecule has 0 N–H and O–H groups in total. The van der Waals surface area contributed by atoms with E-state index in [1.807, 2.05) is 4.90 Å². The van der Waals surface area contributed by atoms with E-state index in [4.69, 9.17) is 4.74 Å². The monoisotopic (exact) mass is 249 g/mol. The molecule has 1 aromatic carbocycles. The van der Waals surface area contributed by atoms with Crippen LogP contribution in [-0.2, 0) is 9.53 Å². The van der Waals surface area contributed by atoms with E-state index in [0.29, 0.717) is 19.8 Å². The molecule has 4 heteroatoms. The van der Waals surface area contributed by atoms with E-state index < -0.39 is 0 Å². The summed E-state index contributed by atoms with van der Waals surface area (Å²) >= 11 is 0. The number of benzene rings is 1. The summed E-state index contributed by atoms with van der Waals surface area (Å²) in [6.45, 7) is 1.73. The molecule has 1 amide bonds. The van der Waals surface area contributed by atoms with Gasteiger partial charge >= 0.3 is 0 Å². The van der Waals surface area contributed by atoms with Crippen LogP contribution < -0.4 is 0 Å². The zero-order valence-electron chi connectivity index (χ0n) is 10.1. The van der Waals surface area contributed by atoms with Crippen LogP contribution in [0.15, 0.2) is 24.3 Å². The summed E-state index contributed by atoms with van der Waals surface area (Å²) in [6.07, 6.45) is 2.01. The predicted molar refractivity (Wildman–Crippen MR) is 64.4 cm³/mol. The molecule has 0 bridgehead atoms. The normalized spacial score (nSPS) is 24.1. The number of ether oxygens (including phenoxy) is 1. The van der Waals surface area contributed by atoms with Gasteiger partial charge in [-0.1, -0.05) is 12.1 Å². The number of hydrogen-bond acceptors (Lipinski definition) is 2. The van der Waals surface area contributed by atoms with E-state index in [1.165, 1.54) is 12.1 Å². The second-order valence-corrected chi connectivity index (χ2v) is 4.95. The molecule has 1 saturated carbocycles. The fourth-order valence-corrected chi connectivity index (χ4v) is 2.39. The minimum Gasteiger partial charge on any atom is -0.377 e. The van der Waals surface area contributed by atoms with Crippen molar-refractivity contribution in [3.05, 3.63) is 35.6 Å². The summed E-state index contributed by atoms with van der Waals surface area (Å²) in [5.74, 6) is 0.189. The molecule has 2 fully saturated rings. The maximum Gasteiger partial charge on any atom is 0.226 e. The number of halogens is 1. The Kier molecular flexibility index (Phi) is 3.04. The number of carbonyl (C=O) groups is 1. The molecule has 0 spiro atoms. The van der Waals surface area contributed by atoms with Gasteiger partial charge in [0.1, 0.15) is 5.82 Å². The molecule has 0 aromatic heterocycles. The van der Waals surface area contributed by atoms with Gasteiger partial charge in [-0.3, -0.25) is 4.79 Å². The van der Waals surface area contributed by atoms with Crippen molar-refractivity contribution in [2.75, 3.05) is 19.8 Å². The van der Waals surface area contributed by atoms with Crippen LogP contribution in [0.4, 0.5) is 4.39 Å². The molecule has 1 aromatic rings. The van der Waals surface area contributed by atoms with Crippen molar-refractivity contribution in [3.8, 4) is 0 Å². The molecule has 1 heterocycles. The Morgan fingerprint density at radius 2 is 2.00 bits per heavy atom. The maximum absolute atomic E-state index is 12.9. The van der Waals surface area contributed by atoms with Crippen LogP contribution in [0.25, 0.3) is 0 Å². The van der Waals surface area contributed by atoms with Crippen LogP contribution in [0, 0.1) is 11.7 Å². The highest BCUT2D eigenvalue weighted by Crippen LogP contribution is 2.35. The predicted octanol–water partition coefficient (Wildman–Crippen LogP) is 2.14. The van der Waals surface area contributed by atoms with E-state index in [2.05, 4.69) is 0 Å². The average molecular weight is 249 g/mol. The molecular weight excluding hydrogens is 233 g/mol. The third-order valence-electron chi connectivity index (χ3n) is 3.59. The summed E-state index contributed by atoms with van der Waals surface area (Å²) in [5, 5.41) is 0. The standard InChI is InChI=1S/C14H16FNO2/c15-12-5-3-10(4-6-12)13-9-18-8-7-16(13)14(17)11-1-2-11/h3-6,11,13H,1-2,7-9H2. The smallest absolute Gasteiger partial charge is 0.226 e. The fourth-order valence-electron chi connectivity index (χ4n) is 2.39. The first-order valence-electron chi connectivity index (χ1n) is 6.39. The number of carbonyl (C=O) groups excluding carboxylic acids is 1. The van der Waals surface area contributed by atoms with E-state index in [1.54, 1.807) is 12.1 Å². The van der Waals surface area contributed by atoms with Crippen molar-refractivity contribution in [1.29, 1.82) is 0 Å². The lowest BCUT2D eigenvalue weighted by Gasteiger charge is -2.36. The Balaban J connectivity index is 1.82. The molecule has 18 heavy (non-hydrogen) atoms. The van der Waals surface area contributed by atoms with Gasteiger partial charge in [0.25, 0.3) is 0 Å². The first-order chi connectivity index (χ1) is 8.75. The Hall–Kier alpha value is -1.42. The van der Waals surface area contributed by atoms with Crippen molar-refractivity contribution in [1.82, 2.24) is 4.90 Å². The van der Waals surface area contributed by atoms with Gasteiger partial charge in [0.2, 0.25) is 5.91 Å². The van der Waals surface area contributed by atoms with Gasteiger partial charge in [-0.05, 0) is 30.5 Å². The number of hydrogen-bond donors (Lipinski definition) is 0. The molecule has 1 unspecified atom stereocenters. The topological polar surface area (TPSA) is 29.5 Å². The second-order valence-electron chi connectivity index (χ2n) is 4.95. The molecule has 1 aliphatic heterocycles. The summed E-state index contributed by atoms with van der Waals surface area (Å²) in [4.78, 5) is 14.1. The quantitative estimate of drug-likeness (QED) is 0.803. The van der Waals surface area contributed by atoms with Crippen LogP contribution in [0.5, 0.6) is 0 Å². The lowest BCUT2D eigenvalue weighted by molar-refractivity contribution is -0.141. The molecule has 3 rings (SSSR count). The third kappa shape index (κ3) is 2.25. The molecule has 3 nitrogen and oxygen atoms in total. The van der Waals surface area contributed by atoms with Crippen molar-refractivity contribution in [2.24, 2.45) is 5.92 Å². The lowest BCUT2D eigenvalue weighted by atomic mass is 10.0. The highest BCUT2D eigenvalue weighted by Gasteiger charge is 2.37. The van der Waals surface area contributed by atoms with E-state index >= 15 is 0 Å². The van der Waals surface area contributed by atoms with Crippen molar-refractivity contribution in [2.45, 2.75) is 18.9 Å². The Morgan fingerprint density at radius 1 is 1.28 bits per heavy atom. The van der Waals surface area contributed by atoms with Crippen LogP contribution in [0.3, 0.4) is 0 Å². The average Bonchev–Trinajstić information content (AvgIpc) is 3.23. The molecular formula is C14H16FNO2. The first-order valence-corrected chi connectivity index (χ1v) is 6.39. The summed E-state index contributed by atoms with van der Waals surface area (Å²) in [6, 6.07) is 6.28. The Bertz CT molecular complexity index is 442. The van der Waals surface area contributed by atoms with Gasteiger partial charge in [-0.15, -0.1) is 0 Å². The third-order valence-corrected chi connectivity index (χ3v) is 3.59. The Labute approximate surface area is 106 Å². The summed E-state index contributed by atoms with van der Waals surface area (Å²) in [5.41, 5.74) is 0.949. The fraction of sp³-hybridized carbons (Fsp3) is 0.500. The van der Waals surface area contributed by atoms with Gasteiger partial charge in [0, 0.05) is 12.5 Å². The molecule has 2 aliphatic rings. The zero-order valence-corrected chi connectivity index (χ0v) is 10.1. The van der Waals surface area contributed by atoms with Crippen LogP contribution >= 0.6 is 0 Å². The van der Waals surface area contributed by atoms with Crippen LogP contribution in [0.1, 0.15) is 24.4 Å². The lowest BCUT2D eigenvalue weighted by Crippen LogP contribution is -2.44. The maximum atomic E-state index is 12.9. The SMILES string of the molecule is O=C(C1CC1)N1CCOCC1c1ccc(F)cc1. The first kappa shape index (κ1) is 11.7. The molecule has 1 saturated heterocycles. The van der Waals surface area contributed by atoms with Crippen molar-refractivity contribution in [3.63, 3.8) is 0 Å². The summed E-state index contributed by atoms with van der Waals surface area (Å²) in [7, 11) is 0. The van der Waals surface area contributed by atoms with E-state index in [0.717, 1.165) is 18.4 Å². The second kappa shape index (κ2) is 4.69. The van der Waals surface area contributed by atoms with Gasteiger partial charge in [-0.25, -0.2) is 4.39 Å². The van der Waals surface area contributed by atoms with Gasteiger partial charge in [0.05, 0.1) is 19.3 Å².